The van der Waals surface area contributed by atoms with Crippen LogP contribution in [0.4, 0.5) is 0 Å². The summed E-state index contributed by atoms with van der Waals surface area (Å²) < 4.78 is 197. The minimum atomic E-state index is -0.855. The van der Waals surface area contributed by atoms with Gasteiger partial charge in [-0.1, -0.05) is 115 Å². The molecular weight excluding hydrogens is 619 g/mol. The first-order valence-electron chi connectivity index (χ1n) is 26.3. The third-order valence-corrected chi connectivity index (χ3v) is 8.96. The van der Waals surface area contributed by atoms with E-state index in [0.29, 0.717) is 5.69 Å². The van der Waals surface area contributed by atoms with Gasteiger partial charge in [0.2, 0.25) is 0 Å². The molecule has 0 amide bonds. The van der Waals surface area contributed by atoms with Crippen LogP contribution < -0.4 is 0 Å². The lowest BCUT2D eigenvalue weighted by Gasteiger charge is -2.11. The molecule has 0 bridgehead atoms. The van der Waals surface area contributed by atoms with Gasteiger partial charge in [-0.05, 0) is 83.7 Å². The summed E-state index contributed by atoms with van der Waals surface area (Å²) in [5.41, 5.74) is -2.81. The van der Waals surface area contributed by atoms with Gasteiger partial charge in [-0.25, -0.2) is 0 Å². The van der Waals surface area contributed by atoms with E-state index >= 15 is 0 Å². The summed E-state index contributed by atoms with van der Waals surface area (Å²) in [6.45, 7) is 0. The fourth-order valence-corrected chi connectivity index (χ4v) is 6.78. The van der Waals surface area contributed by atoms with Crippen molar-refractivity contribution in [2.24, 2.45) is 0 Å². The van der Waals surface area contributed by atoms with E-state index in [-0.39, 0.29) is 49.3 Å². The van der Waals surface area contributed by atoms with Crippen LogP contribution in [0.2, 0.25) is 0 Å². The number of hydrogen-bond acceptors (Lipinski definition) is 0. The third kappa shape index (κ3) is 4.12. The summed E-state index contributed by atoms with van der Waals surface area (Å²) >= 11 is 0. The van der Waals surface area contributed by atoms with Gasteiger partial charge >= 0.3 is 0 Å². The van der Waals surface area contributed by atoms with Gasteiger partial charge in [0, 0.05) is 49.4 Å². The Hall–Kier alpha value is -6.84. The molecule has 0 spiro atoms. The molecule has 0 N–H and O–H groups in total. The van der Waals surface area contributed by atoms with E-state index in [4.69, 9.17) is 13.7 Å². The second kappa shape index (κ2) is 10.8. The van der Waals surface area contributed by atoms with Gasteiger partial charge in [-0.15, -0.1) is 0 Å². The van der Waals surface area contributed by atoms with E-state index in [0.717, 1.165) is 4.57 Å². The van der Waals surface area contributed by atoms with Crippen LogP contribution in [0.5, 0.6) is 0 Å². The molecule has 11 aromatic rings. The van der Waals surface area contributed by atoms with Crippen LogP contribution in [0, 0.1) is 0 Å². The Balaban J connectivity index is 1.35. The monoisotopic (exact) mass is 670 g/mol. The molecule has 3 heteroatoms. The highest BCUT2D eigenvalue weighted by Crippen LogP contribution is 2.39. The molecule has 3 heterocycles. The Labute approximate surface area is 324 Å². The first kappa shape index (κ1) is 14.6. The largest absolute Gasteiger partial charge is 0.309 e. The van der Waals surface area contributed by atoms with Crippen molar-refractivity contribution < 1.29 is 28.8 Å². The number of aromatic nitrogens is 3. The standard InChI is InChI=1S/C48H31N3/c1-3-13-34(14-4-1)49-43-20-10-7-17-37(43)40-26-23-33(30-47(40)49)32-24-28-46-42(29-32)39-19-9-12-22-45(39)51(46)36-25-27-41-38-18-8-11-21-44(38)50(48(41)31-36)35-15-5-2-6-16-35/h1-31H/i7D,8D,9D,10D,11D,12D,17D,18D,19D,20D,21D,22D,23D,24D,25D,26D,27D,28D,29D,30D,31D. The van der Waals surface area contributed by atoms with Crippen molar-refractivity contribution in [2.75, 3.05) is 0 Å². The van der Waals surface area contributed by atoms with Crippen LogP contribution in [-0.2, 0) is 0 Å². The average Bonchev–Trinajstić information content (AvgIpc) is 4.05. The molecule has 0 saturated carbocycles. The molecule has 3 nitrogen and oxygen atoms in total. The van der Waals surface area contributed by atoms with Crippen LogP contribution in [0.25, 0.3) is 93.6 Å². The lowest BCUT2D eigenvalue weighted by Crippen LogP contribution is -1.96. The van der Waals surface area contributed by atoms with E-state index in [1.165, 1.54) is 9.13 Å². The van der Waals surface area contributed by atoms with Crippen molar-refractivity contribution >= 4 is 65.4 Å². The first-order valence-corrected chi connectivity index (χ1v) is 15.8. The lowest BCUT2D eigenvalue weighted by molar-refractivity contribution is 1.15. The smallest absolute Gasteiger partial charge is 0.0667 e. The van der Waals surface area contributed by atoms with Gasteiger partial charge in [0.05, 0.1) is 61.9 Å². The average molecular weight is 671 g/mol. The van der Waals surface area contributed by atoms with Gasteiger partial charge in [0.15, 0.2) is 0 Å². The van der Waals surface area contributed by atoms with Crippen LogP contribution in [0.1, 0.15) is 28.8 Å². The van der Waals surface area contributed by atoms with Gasteiger partial charge in [0.25, 0.3) is 0 Å². The van der Waals surface area contributed by atoms with E-state index in [9.17, 15) is 15.1 Å². The zero-order valence-corrected chi connectivity index (χ0v) is 26.1. The molecule has 0 aliphatic rings. The Morgan fingerprint density at radius 1 is 0.294 bits per heavy atom. The van der Waals surface area contributed by atoms with Gasteiger partial charge in [0.1, 0.15) is 0 Å². The van der Waals surface area contributed by atoms with Gasteiger partial charge in [-0.3, -0.25) is 0 Å². The van der Waals surface area contributed by atoms with Crippen LogP contribution in [0.3, 0.4) is 0 Å². The van der Waals surface area contributed by atoms with Crippen molar-refractivity contribution in [3.8, 4) is 28.2 Å². The second-order valence-electron chi connectivity index (χ2n) is 11.7. The maximum atomic E-state index is 9.97. The third-order valence-electron chi connectivity index (χ3n) is 8.96. The molecule has 3 aromatic heterocycles. The summed E-state index contributed by atoms with van der Waals surface area (Å²) in [5, 5.41) is -1.65. The van der Waals surface area contributed by atoms with E-state index in [2.05, 4.69) is 0 Å². The lowest BCUT2D eigenvalue weighted by atomic mass is 10.0. The first-order chi connectivity index (χ1) is 34.1. The van der Waals surface area contributed by atoms with E-state index in [1.54, 1.807) is 60.7 Å². The highest BCUT2D eigenvalue weighted by molar-refractivity contribution is 6.13. The number of fused-ring (bicyclic) bond motifs is 9. The Morgan fingerprint density at radius 2 is 0.706 bits per heavy atom. The van der Waals surface area contributed by atoms with Crippen molar-refractivity contribution in [2.45, 2.75) is 0 Å². The van der Waals surface area contributed by atoms with Crippen molar-refractivity contribution in [3.05, 3.63) is 188 Å². The number of para-hydroxylation sites is 5. The van der Waals surface area contributed by atoms with Crippen molar-refractivity contribution in [3.63, 3.8) is 0 Å². The molecule has 51 heavy (non-hydrogen) atoms. The van der Waals surface area contributed by atoms with Gasteiger partial charge < -0.3 is 13.7 Å². The molecule has 0 aliphatic heterocycles. The number of hydrogen-bond donors (Lipinski definition) is 0. The normalized spacial score (nSPS) is 17.7. The Morgan fingerprint density at radius 3 is 1.29 bits per heavy atom. The highest BCUT2D eigenvalue weighted by Gasteiger charge is 2.18. The minimum Gasteiger partial charge on any atom is -0.309 e. The highest BCUT2D eigenvalue weighted by atomic mass is 15.0. The zero-order valence-electron chi connectivity index (χ0n) is 47.1. The molecule has 0 saturated heterocycles. The molecule has 0 fully saturated rings. The molecule has 0 aliphatic carbocycles. The Kier molecular flexibility index (Phi) is 3.09. The molecule has 0 unspecified atom stereocenters. The fraction of sp³-hybridized carbons (Fsp3) is 0. The van der Waals surface area contributed by atoms with Crippen LogP contribution >= 0.6 is 0 Å². The molecule has 11 rings (SSSR count). The topological polar surface area (TPSA) is 14.8 Å². The van der Waals surface area contributed by atoms with Crippen molar-refractivity contribution in [1.29, 1.82) is 0 Å². The van der Waals surface area contributed by atoms with E-state index < -0.39 is 166 Å². The summed E-state index contributed by atoms with van der Waals surface area (Å²) in [7, 11) is 0. The predicted octanol–water partition coefficient (Wildman–Crippen LogP) is 12.6. The quantitative estimate of drug-likeness (QED) is 0.177. The SMILES string of the molecule is [2H]c1c([2H])c([2H])c2c(c1[2H])c1c([2H])c([2H])c(-c3c([2H])c([2H])c4c(c3[2H])c3c([2H])c([2H])c([2H])c([2H])c3n4-c3c([2H])c([2H])c4c5c([2H])c([2H])c([2H])c([2H])c5n(-c5ccccc5)c4c3[2H])c([2H])c1n2-c1ccccc1. The maximum absolute atomic E-state index is 9.97. The fourth-order valence-electron chi connectivity index (χ4n) is 6.78. The predicted molar refractivity (Wildman–Crippen MR) is 215 cm³/mol. The molecular formula is C48H31N3. The summed E-state index contributed by atoms with van der Waals surface area (Å²) in [5.74, 6) is 0. The molecule has 8 aromatic carbocycles. The molecule has 238 valence electrons. The van der Waals surface area contributed by atoms with Crippen LogP contribution in [-0.4, -0.2) is 13.7 Å². The maximum Gasteiger partial charge on any atom is 0.0667 e. The van der Waals surface area contributed by atoms with Crippen molar-refractivity contribution in [1.82, 2.24) is 13.7 Å². The minimum absolute atomic E-state index is 0.124. The summed E-state index contributed by atoms with van der Waals surface area (Å²) in [6.07, 6.45) is 0. The van der Waals surface area contributed by atoms with E-state index in [1.807, 2.05) is 0 Å². The number of nitrogens with zero attached hydrogens (tertiary/aromatic N) is 3. The Bertz CT molecular complexity index is 4330. The zero-order chi connectivity index (χ0) is 51.7. The second-order valence-corrected chi connectivity index (χ2v) is 11.7. The number of rotatable bonds is 4. The van der Waals surface area contributed by atoms with Crippen LogP contribution in [0.15, 0.2) is 188 Å². The summed E-state index contributed by atoms with van der Waals surface area (Å²) in [4.78, 5) is 0. The summed E-state index contributed by atoms with van der Waals surface area (Å²) in [6, 6.07) is 1.95. The van der Waals surface area contributed by atoms with Gasteiger partial charge in [-0.2, -0.15) is 0 Å². The number of benzene rings is 8. The molecule has 0 radical (unpaired) electrons. The molecule has 0 atom stereocenters.